The highest BCUT2D eigenvalue weighted by Crippen LogP contribution is 2.41. The Kier molecular flexibility index (Phi) is 3.24. The molecule has 17 heavy (non-hydrogen) atoms. The number of hydrogen-bond donors (Lipinski definition) is 0. The molecule has 0 aliphatic heterocycles. The summed E-state index contributed by atoms with van der Waals surface area (Å²) in [6, 6.07) is 8.15. The van der Waals surface area contributed by atoms with Crippen LogP contribution in [0.2, 0.25) is 0 Å². The fraction of sp³-hybridized carbons (Fsp3) is 0.231. The average molecular weight is 248 g/mol. The molecule has 2 rings (SSSR count). The van der Waals surface area contributed by atoms with Gasteiger partial charge in [-0.1, -0.05) is 24.3 Å². The summed E-state index contributed by atoms with van der Waals surface area (Å²) < 4.78 is 16.3. The quantitative estimate of drug-likeness (QED) is 0.754. The Morgan fingerprint density at radius 2 is 1.29 bits per heavy atom. The van der Waals surface area contributed by atoms with Gasteiger partial charge in [-0.15, -0.1) is 0 Å². The van der Waals surface area contributed by atoms with Gasteiger partial charge in [0.2, 0.25) is 5.75 Å². The minimum atomic E-state index is 0.679. The Morgan fingerprint density at radius 3 is 1.82 bits per heavy atom. The minimum Gasteiger partial charge on any atom is -0.493 e. The van der Waals surface area contributed by atoms with Gasteiger partial charge < -0.3 is 14.2 Å². The standard InChI is InChI=1S/C13H16O3Si/c1-14-10-8-6-4-5-7-9(8)13(17)12(16-3)11(10)15-2/h4-7H,1-3,17H3. The van der Waals surface area contributed by atoms with Gasteiger partial charge in [-0.05, 0) is 10.6 Å². The molecule has 0 amide bonds. The van der Waals surface area contributed by atoms with Crippen molar-refractivity contribution >= 4 is 26.2 Å². The zero-order valence-corrected chi connectivity index (χ0v) is 12.5. The summed E-state index contributed by atoms with van der Waals surface area (Å²) >= 11 is 0. The second-order valence-corrected chi connectivity index (χ2v) is 4.77. The van der Waals surface area contributed by atoms with Gasteiger partial charge in [0, 0.05) is 15.6 Å². The largest absolute Gasteiger partial charge is 0.493 e. The predicted octanol–water partition coefficient (Wildman–Crippen LogP) is 0.856. The van der Waals surface area contributed by atoms with Gasteiger partial charge in [0.1, 0.15) is 0 Å². The van der Waals surface area contributed by atoms with Crippen LogP contribution in [0.15, 0.2) is 24.3 Å². The highest BCUT2D eigenvalue weighted by Gasteiger charge is 2.18. The molecule has 0 saturated carbocycles. The van der Waals surface area contributed by atoms with Crippen molar-refractivity contribution < 1.29 is 14.2 Å². The maximum absolute atomic E-state index is 5.46. The van der Waals surface area contributed by atoms with E-state index in [0.29, 0.717) is 5.75 Å². The van der Waals surface area contributed by atoms with Crippen LogP contribution in [0.1, 0.15) is 0 Å². The predicted molar refractivity (Wildman–Crippen MR) is 73.2 cm³/mol. The fourth-order valence-corrected chi connectivity index (χ4v) is 3.03. The molecular formula is C13H16O3Si. The van der Waals surface area contributed by atoms with Crippen molar-refractivity contribution in [2.24, 2.45) is 0 Å². The smallest absolute Gasteiger partial charge is 0.203 e. The topological polar surface area (TPSA) is 27.7 Å². The number of methoxy groups -OCH3 is 3. The van der Waals surface area contributed by atoms with Gasteiger partial charge in [0.15, 0.2) is 11.5 Å². The Bertz CT molecular complexity index is 552. The molecule has 0 N–H and O–H groups in total. The molecule has 90 valence electrons. The molecule has 2 aromatic rings. The van der Waals surface area contributed by atoms with E-state index < -0.39 is 0 Å². The molecular weight excluding hydrogens is 232 g/mol. The maximum atomic E-state index is 5.46. The molecule has 0 atom stereocenters. The lowest BCUT2D eigenvalue weighted by atomic mass is 10.1. The van der Waals surface area contributed by atoms with Crippen LogP contribution in [-0.4, -0.2) is 31.6 Å². The highest BCUT2D eigenvalue weighted by atomic mass is 28.1. The lowest BCUT2D eigenvalue weighted by Gasteiger charge is -2.17. The number of ether oxygens (including phenoxy) is 3. The molecule has 0 radical (unpaired) electrons. The molecule has 0 aliphatic carbocycles. The molecule has 4 heteroatoms. The first-order chi connectivity index (χ1) is 8.24. The fourth-order valence-electron chi connectivity index (χ4n) is 2.16. The summed E-state index contributed by atoms with van der Waals surface area (Å²) in [6.45, 7) is 0. The molecule has 0 spiro atoms. The molecule has 0 bridgehead atoms. The van der Waals surface area contributed by atoms with E-state index in [4.69, 9.17) is 14.2 Å². The van der Waals surface area contributed by atoms with Crippen LogP contribution in [-0.2, 0) is 0 Å². The second kappa shape index (κ2) is 4.67. The normalized spacial score (nSPS) is 10.5. The molecule has 0 aromatic heterocycles. The molecule has 0 saturated heterocycles. The third-order valence-electron chi connectivity index (χ3n) is 2.94. The third kappa shape index (κ3) is 1.74. The number of rotatable bonds is 3. The first kappa shape index (κ1) is 11.8. The summed E-state index contributed by atoms with van der Waals surface area (Å²) in [5.74, 6) is 2.20. The van der Waals surface area contributed by atoms with Gasteiger partial charge in [-0.25, -0.2) is 0 Å². The van der Waals surface area contributed by atoms with Crippen molar-refractivity contribution in [2.45, 2.75) is 0 Å². The number of benzene rings is 2. The monoisotopic (exact) mass is 248 g/mol. The average Bonchev–Trinajstić information content (AvgIpc) is 2.38. The second-order valence-electron chi connectivity index (χ2n) is 3.77. The summed E-state index contributed by atoms with van der Waals surface area (Å²) in [6.07, 6.45) is 0. The number of fused-ring (bicyclic) bond motifs is 1. The van der Waals surface area contributed by atoms with E-state index >= 15 is 0 Å². The zero-order valence-electron chi connectivity index (χ0n) is 10.5. The summed E-state index contributed by atoms with van der Waals surface area (Å²) in [5.41, 5.74) is 0. The lowest BCUT2D eigenvalue weighted by Crippen LogP contribution is -2.11. The Balaban J connectivity index is 2.93. The summed E-state index contributed by atoms with van der Waals surface area (Å²) in [7, 11) is 5.84. The first-order valence-corrected chi connectivity index (χ1v) is 6.41. The number of hydrogen-bond acceptors (Lipinski definition) is 3. The molecule has 0 aliphatic rings. The maximum Gasteiger partial charge on any atom is 0.203 e. The first-order valence-electron chi connectivity index (χ1n) is 5.41. The van der Waals surface area contributed by atoms with Crippen molar-refractivity contribution in [3.8, 4) is 17.2 Å². The summed E-state index contributed by atoms with van der Waals surface area (Å²) in [5, 5.41) is 3.44. The van der Waals surface area contributed by atoms with E-state index in [0.717, 1.165) is 27.1 Å². The van der Waals surface area contributed by atoms with Crippen molar-refractivity contribution in [1.82, 2.24) is 0 Å². The highest BCUT2D eigenvalue weighted by molar-refractivity contribution is 6.41. The van der Waals surface area contributed by atoms with Gasteiger partial charge in [0.05, 0.1) is 21.3 Å². The van der Waals surface area contributed by atoms with Gasteiger partial charge in [-0.3, -0.25) is 0 Å². The SMILES string of the molecule is COc1c(OC)c(OC)c2ccccc2c1[SiH3]. The molecule has 0 fully saturated rings. The Morgan fingerprint density at radius 1 is 0.765 bits per heavy atom. The van der Waals surface area contributed by atoms with Crippen LogP contribution in [0.3, 0.4) is 0 Å². The van der Waals surface area contributed by atoms with Crippen molar-refractivity contribution in [2.75, 3.05) is 21.3 Å². The van der Waals surface area contributed by atoms with E-state index in [1.165, 1.54) is 10.6 Å². The Hall–Kier alpha value is -1.68. The lowest BCUT2D eigenvalue weighted by molar-refractivity contribution is 0.329. The van der Waals surface area contributed by atoms with E-state index in [1.807, 2.05) is 18.2 Å². The molecule has 2 aromatic carbocycles. The van der Waals surface area contributed by atoms with Gasteiger partial charge in [0.25, 0.3) is 0 Å². The van der Waals surface area contributed by atoms with Crippen molar-refractivity contribution in [3.05, 3.63) is 24.3 Å². The van der Waals surface area contributed by atoms with Crippen LogP contribution in [0, 0.1) is 0 Å². The van der Waals surface area contributed by atoms with E-state index in [1.54, 1.807) is 21.3 Å². The van der Waals surface area contributed by atoms with E-state index in [-0.39, 0.29) is 0 Å². The van der Waals surface area contributed by atoms with Crippen LogP contribution in [0.4, 0.5) is 0 Å². The van der Waals surface area contributed by atoms with Gasteiger partial charge >= 0.3 is 0 Å². The minimum absolute atomic E-state index is 0.679. The Labute approximate surface area is 104 Å². The van der Waals surface area contributed by atoms with Crippen LogP contribution >= 0.6 is 0 Å². The van der Waals surface area contributed by atoms with Crippen LogP contribution < -0.4 is 19.4 Å². The van der Waals surface area contributed by atoms with E-state index in [9.17, 15) is 0 Å². The van der Waals surface area contributed by atoms with Crippen molar-refractivity contribution in [3.63, 3.8) is 0 Å². The molecule has 3 nitrogen and oxygen atoms in total. The van der Waals surface area contributed by atoms with Crippen LogP contribution in [0.5, 0.6) is 17.2 Å². The summed E-state index contributed by atoms with van der Waals surface area (Å²) in [4.78, 5) is 0. The van der Waals surface area contributed by atoms with Crippen LogP contribution in [0.25, 0.3) is 10.8 Å². The van der Waals surface area contributed by atoms with E-state index in [2.05, 4.69) is 6.07 Å². The van der Waals surface area contributed by atoms with Gasteiger partial charge in [-0.2, -0.15) is 0 Å². The molecule has 0 heterocycles. The van der Waals surface area contributed by atoms with Crippen molar-refractivity contribution in [1.29, 1.82) is 0 Å². The third-order valence-corrected chi connectivity index (χ3v) is 3.93. The molecule has 0 unspecified atom stereocenters. The zero-order chi connectivity index (χ0) is 12.4.